The summed E-state index contributed by atoms with van der Waals surface area (Å²) in [4.78, 5) is 11.3. The summed E-state index contributed by atoms with van der Waals surface area (Å²) in [5, 5.41) is 2.89. The van der Waals surface area contributed by atoms with Crippen LogP contribution in [0.5, 0.6) is 0 Å². The summed E-state index contributed by atoms with van der Waals surface area (Å²) < 4.78 is 0.310. The highest BCUT2D eigenvalue weighted by atomic mass is 33.1. The average Bonchev–Trinajstić information content (AvgIpc) is 1.99. The van der Waals surface area contributed by atoms with Crippen molar-refractivity contribution in [3.8, 4) is 0 Å². The molecule has 0 spiro atoms. The summed E-state index contributed by atoms with van der Waals surface area (Å²) in [6, 6.07) is 0.258. The molecule has 0 radical (unpaired) electrons. The summed E-state index contributed by atoms with van der Waals surface area (Å²) in [7, 11) is 3.74. The fourth-order valence-corrected chi connectivity index (χ4v) is 3.27. The van der Waals surface area contributed by atoms with Gasteiger partial charge in [-0.1, -0.05) is 42.4 Å². The predicted molar refractivity (Wildman–Crippen MR) is 72.3 cm³/mol. The maximum atomic E-state index is 11.3. The van der Waals surface area contributed by atoms with Gasteiger partial charge in [0.25, 0.3) is 0 Å². The van der Waals surface area contributed by atoms with Crippen LogP contribution in [-0.4, -0.2) is 22.4 Å². The van der Waals surface area contributed by atoms with Gasteiger partial charge in [-0.25, -0.2) is 0 Å². The molecule has 0 saturated heterocycles. The second-order valence-corrected chi connectivity index (χ2v) is 8.09. The van der Waals surface area contributed by atoms with E-state index >= 15 is 0 Å². The van der Waals surface area contributed by atoms with Crippen molar-refractivity contribution < 1.29 is 4.79 Å². The van der Waals surface area contributed by atoms with Crippen molar-refractivity contribution in [2.45, 2.75) is 58.2 Å². The standard InChI is InChI=1S/C11H23NOS2/c1-9(2)12-10(13)7-6-8-14-15-11(3,4)5/h9H,6-8H2,1-5H3,(H,12,13). The van der Waals surface area contributed by atoms with Crippen LogP contribution in [0.2, 0.25) is 0 Å². The maximum absolute atomic E-state index is 11.3. The van der Waals surface area contributed by atoms with Crippen LogP contribution in [0.1, 0.15) is 47.5 Å². The Kier molecular flexibility index (Phi) is 7.53. The van der Waals surface area contributed by atoms with Gasteiger partial charge in [-0.15, -0.1) is 0 Å². The van der Waals surface area contributed by atoms with Crippen LogP contribution in [0, 0.1) is 0 Å². The summed E-state index contributed by atoms with van der Waals surface area (Å²) in [5.41, 5.74) is 0. The Bertz CT molecular complexity index is 188. The molecule has 0 aliphatic carbocycles. The molecule has 0 aromatic rings. The van der Waals surface area contributed by atoms with E-state index in [1.807, 2.05) is 35.4 Å². The molecule has 2 nitrogen and oxygen atoms in total. The molecule has 4 heteroatoms. The van der Waals surface area contributed by atoms with Crippen LogP contribution in [0.3, 0.4) is 0 Å². The lowest BCUT2D eigenvalue weighted by Gasteiger charge is -2.16. The first-order chi connectivity index (χ1) is 6.81. The molecule has 0 rings (SSSR count). The van der Waals surface area contributed by atoms with Gasteiger partial charge in [-0.05, 0) is 20.3 Å². The van der Waals surface area contributed by atoms with E-state index in [4.69, 9.17) is 0 Å². The van der Waals surface area contributed by atoms with E-state index in [1.165, 1.54) is 0 Å². The molecule has 0 aromatic carbocycles. The van der Waals surface area contributed by atoms with Crippen molar-refractivity contribution in [1.82, 2.24) is 5.32 Å². The predicted octanol–water partition coefficient (Wildman–Crippen LogP) is 3.47. The van der Waals surface area contributed by atoms with E-state index in [9.17, 15) is 4.79 Å². The highest BCUT2D eigenvalue weighted by Gasteiger charge is 2.10. The molecule has 90 valence electrons. The third-order valence-corrected chi connectivity index (χ3v) is 4.82. The molecule has 0 atom stereocenters. The Morgan fingerprint density at radius 3 is 2.40 bits per heavy atom. The zero-order valence-corrected chi connectivity index (χ0v) is 12.1. The van der Waals surface area contributed by atoms with E-state index in [0.29, 0.717) is 11.2 Å². The highest BCUT2D eigenvalue weighted by Crippen LogP contribution is 2.35. The fraction of sp³-hybridized carbons (Fsp3) is 0.909. The van der Waals surface area contributed by atoms with Gasteiger partial charge in [0.2, 0.25) is 5.91 Å². The van der Waals surface area contributed by atoms with E-state index in [-0.39, 0.29) is 11.9 Å². The van der Waals surface area contributed by atoms with Crippen molar-refractivity contribution in [3.63, 3.8) is 0 Å². The largest absolute Gasteiger partial charge is 0.354 e. The van der Waals surface area contributed by atoms with Gasteiger partial charge >= 0.3 is 0 Å². The maximum Gasteiger partial charge on any atom is 0.220 e. The first-order valence-corrected chi connectivity index (χ1v) is 7.73. The lowest BCUT2D eigenvalue weighted by Crippen LogP contribution is -2.29. The quantitative estimate of drug-likeness (QED) is 0.577. The van der Waals surface area contributed by atoms with Crippen LogP contribution in [-0.2, 0) is 4.79 Å². The van der Waals surface area contributed by atoms with Gasteiger partial charge < -0.3 is 5.32 Å². The molecule has 0 saturated carbocycles. The van der Waals surface area contributed by atoms with Gasteiger partial charge in [-0.3, -0.25) is 4.79 Å². The van der Waals surface area contributed by atoms with Gasteiger partial charge in [0, 0.05) is 23.0 Å². The topological polar surface area (TPSA) is 29.1 Å². The Labute approximate surface area is 102 Å². The molecule has 0 heterocycles. The third kappa shape index (κ3) is 12.1. The van der Waals surface area contributed by atoms with Crippen LogP contribution in [0.15, 0.2) is 0 Å². The Balaban J connectivity index is 3.35. The third-order valence-electron chi connectivity index (χ3n) is 1.39. The summed E-state index contributed by atoms with van der Waals surface area (Å²) >= 11 is 0. The molecule has 15 heavy (non-hydrogen) atoms. The van der Waals surface area contributed by atoms with Crippen LogP contribution < -0.4 is 5.32 Å². The van der Waals surface area contributed by atoms with E-state index in [2.05, 4.69) is 26.1 Å². The lowest BCUT2D eigenvalue weighted by atomic mass is 10.3. The summed E-state index contributed by atoms with van der Waals surface area (Å²) in [6.45, 7) is 10.6. The summed E-state index contributed by atoms with van der Waals surface area (Å²) in [6.07, 6.45) is 1.61. The first kappa shape index (κ1) is 15.2. The van der Waals surface area contributed by atoms with Crippen molar-refractivity contribution >= 4 is 27.5 Å². The summed E-state index contributed by atoms with van der Waals surface area (Å²) in [5.74, 6) is 1.22. The second kappa shape index (κ2) is 7.44. The molecule has 1 amide bonds. The number of hydrogen-bond acceptors (Lipinski definition) is 3. The molecule has 0 bridgehead atoms. The zero-order chi connectivity index (χ0) is 11.9. The van der Waals surface area contributed by atoms with E-state index in [1.54, 1.807) is 0 Å². The minimum atomic E-state index is 0.173. The first-order valence-electron chi connectivity index (χ1n) is 5.41. The van der Waals surface area contributed by atoms with Gasteiger partial charge in [0.1, 0.15) is 0 Å². The SMILES string of the molecule is CC(C)NC(=O)CCCSSC(C)(C)C. The molecule has 1 N–H and O–H groups in total. The Morgan fingerprint density at radius 2 is 1.93 bits per heavy atom. The number of carbonyl (C=O) groups excluding carboxylic acids is 1. The molecule has 0 fully saturated rings. The molecule has 0 aliphatic heterocycles. The van der Waals surface area contributed by atoms with Gasteiger partial charge in [-0.2, -0.15) is 0 Å². The number of carbonyl (C=O) groups is 1. The monoisotopic (exact) mass is 249 g/mol. The normalized spacial score (nSPS) is 11.9. The van der Waals surface area contributed by atoms with Crippen molar-refractivity contribution in [2.24, 2.45) is 0 Å². The Morgan fingerprint density at radius 1 is 1.33 bits per heavy atom. The van der Waals surface area contributed by atoms with Crippen LogP contribution >= 0.6 is 21.6 Å². The number of amides is 1. The molecule has 0 unspecified atom stereocenters. The van der Waals surface area contributed by atoms with Gasteiger partial charge in [0.05, 0.1) is 0 Å². The van der Waals surface area contributed by atoms with Crippen molar-refractivity contribution in [3.05, 3.63) is 0 Å². The van der Waals surface area contributed by atoms with Crippen LogP contribution in [0.25, 0.3) is 0 Å². The Hall–Kier alpha value is 0.170. The number of nitrogens with one attached hydrogen (secondary N) is 1. The fourth-order valence-electron chi connectivity index (χ4n) is 0.904. The van der Waals surface area contributed by atoms with Gasteiger partial charge in [0.15, 0.2) is 0 Å². The van der Waals surface area contributed by atoms with E-state index < -0.39 is 0 Å². The lowest BCUT2D eigenvalue weighted by molar-refractivity contribution is -0.121. The second-order valence-electron chi connectivity index (χ2n) is 4.84. The number of hydrogen-bond donors (Lipinski definition) is 1. The minimum absolute atomic E-state index is 0.173. The van der Waals surface area contributed by atoms with E-state index in [0.717, 1.165) is 12.2 Å². The molecule has 0 aromatic heterocycles. The van der Waals surface area contributed by atoms with Crippen molar-refractivity contribution in [2.75, 3.05) is 5.75 Å². The zero-order valence-electron chi connectivity index (χ0n) is 10.4. The highest BCUT2D eigenvalue weighted by molar-refractivity contribution is 8.77. The molecular formula is C11H23NOS2. The molecule has 0 aliphatic rings. The molecular weight excluding hydrogens is 226 g/mol. The average molecular weight is 249 g/mol. The van der Waals surface area contributed by atoms with Crippen molar-refractivity contribution in [1.29, 1.82) is 0 Å². The van der Waals surface area contributed by atoms with Crippen LogP contribution in [0.4, 0.5) is 0 Å². The smallest absolute Gasteiger partial charge is 0.220 e. The minimum Gasteiger partial charge on any atom is -0.354 e. The number of rotatable bonds is 6.